The highest BCUT2D eigenvalue weighted by molar-refractivity contribution is 7.86. The van der Waals surface area contributed by atoms with Crippen LogP contribution < -0.4 is 0 Å². The van der Waals surface area contributed by atoms with E-state index in [0.29, 0.717) is 13.1 Å². The van der Waals surface area contributed by atoms with Crippen LogP contribution >= 0.6 is 0 Å². The minimum Gasteiger partial charge on any atom is -0.332 e. The van der Waals surface area contributed by atoms with Crippen molar-refractivity contribution in [3.05, 3.63) is 36.4 Å². The number of hydrogen-bond donors (Lipinski definition) is 0. The Bertz CT molecular complexity index is 815. The predicted octanol–water partition coefficient (Wildman–Crippen LogP) is 1.47. The van der Waals surface area contributed by atoms with Gasteiger partial charge in [-0.25, -0.2) is 4.98 Å². The molecule has 2 aromatic heterocycles. The van der Waals surface area contributed by atoms with Gasteiger partial charge in [0.25, 0.3) is 10.2 Å². The summed E-state index contributed by atoms with van der Waals surface area (Å²) >= 11 is 0. The second-order valence-corrected chi connectivity index (χ2v) is 8.47. The first-order valence-electron chi connectivity index (χ1n) is 8.01. The number of aryl methyl sites for hydroxylation is 1. The first kappa shape index (κ1) is 17.1. The lowest BCUT2D eigenvalue weighted by Crippen LogP contribution is -2.45. The van der Waals surface area contributed by atoms with E-state index in [1.54, 1.807) is 30.9 Å². The molecule has 8 heteroatoms. The zero-order chi connectivity index (χ0) is 17.3. The van der Waals surface area contributed by atoms with Gasteiger partial charge in [0.15, 0.2) is 0 Å². The maximum Gasteiger partial charge on any atom is 0.281 e. The van der Waals surface area contributed by atoms with Gasteiger partial charge in [0.2, 0.25) is 0 Å². The van der Waals surface area contributed by atoms with Gasteiger partial charge in [0, 0.05) is 45.8 Å². The summed E-state index contributed by atoms with van der Waals surface area (Å²) in [5.41, 5.74) is 2.75. The van der Waals surface area contributed by atoms with Crippen molar-refractivity contribution >= 4 is 10.2 Å². The molecule has 3 heterocycles. The van der Waals surface area contributed by atoms with Crippen molar-refractivity contribution < 1.29 is 8.42 Å². The van der Waals surface area contributed by atoms with E-state index in [9.17, 15) is 8.42 Å². The third-order valence-corrected chi connectivity index (χ3v) is 6.35. The predicted molar refractivity (Wildman–Crippen MR) is 92.6 cm³/mol. The number of imidazole rings is 1. The van der Waals surface area contributed by atoms with Gasteiger partial charge in [0.1, 0.15) is 0 Å². The van der Waals surface area contributed by atoms with Crippen molar-refractivity contribution in [3.8, 4) is 11.4 Å². The molecule has 1 atom stereocenters. The van der Waals surface area contributed by atoms with Crippen LogP contribution in [0.4, 0.5) is 0 Å². The molecule has 0 aromatic carbocycles. The van der Waals surface area contributed by atoms with E-state index >= 15 is 0 Å². The normalized spacial score (nSPS) is 19.8. The van der Waals surface area contributed by atoms with Gasteiger partial charge in [-0.05, 0) is 25.0 Å². The zero-order valence-corrected chi connectivity index (χ0v) is 15.1. The van der Waals surface area contributed by atoms with Crippen molar-refractivity contribution in [1.82, 2.24) is 23.1 Å². The second kappa shape index (κ2) is 6.62. The van der Waals surface area contributed by atoms with E-state index in [4.69, 9.17) is 4.98 Å². The zero-order valence-electron chi connectivity index (χ0n) is 14.3. The van der Waals surface area contributed by atoms with Gasteiger partial charge < -0.3 is 4.57 Å². The van der Waals surface area contributed by atoms with E-state index in [1.807, 2.05) is 29.8 Å². The number of hydrogen-bond acceptors (Lipinski definition) is 4. The quantitative estimate of drug-likeness (QED) is 0.838. The first-order chi connectivity index (χ1) is 11.4. The van der Waals surface area contributed by atoms with Crippen LogP contribution in [0.2, 0.25) is 0 Å². The molecule has 0 N–H and O–H groups in total. The maximum atomic E-state index is 12.4. The Labute approximate surface area is 143 Å². The van der Waals surface area contributed by atoms with Crippen LogP contribution in [0.15, 0.2) is 30.7 Å². The minimum absolute atomic E-state index is 0.113. The molecule has 0 unspecified atom stereocenters. The van der Waals surface area contributed by atoms with Gasteiger partial charge in [0.05, 0.1) is 23.9 Å². The highest BCUT2D eigenvalue weighted by atomic mass is 32.2. The molecule has 1 saturated heterocycles. The fourth-order valence-electron chi connectivity index (χ4n) is 3.05. The van der Waals surface area contributed by atoms with E-state index in [2.05, 4.69) is 4.98 Å². The summed E-state index contributed by atoms with van der Waals surface area (Å²) in [6.07, 6.45) is 5.32. The van der Waals surface area contributed by atoms with Crippen LogP contribution in [0.25, 0.3) is 11.4 Å². The Kier molecular flexibility index (Phi) is 4.71. The average Bonchev–Trinajstić information content (AvgIpc) is 3.01. The Morgan fingerprint density at radius 1 is 1.29 bits per heavy atom. The minimum atomic E-state index is -3.38. The van der Waals surface area contributed by atoms with Gasteiger partial charge in [-0.3, -0.25) is 4.98 Å². The standard InChI is InChI=1S/C16H23N5O2S/c1-19(2)24(22,23)21-9-5-6-13(11-21)14-7-4-8-15(18-14)16-10-17-12-20(16)3/h4,7-8,10,12-13H,5-6,9,11H2,1-3H3/t13-/m1/s1. The highest BCUT2D eigenvalue weighted by Crippen LogP contribution is 2.29. The average molecular weight is 349 g/mol. The van der Waals surface area contributed by atoms with E-state index < -0.39 is 10.2 Å². The Balaban J connectivity index is 1.86. The molecule has 3 rings (SSSR count). The van der Waals surface area contributed by atoms with E-state index in [0.717, 1.165) is 29.9 Å². The van der Waals surface area contributed by atoms with Crippen molar-refractivity contribution in [2.24, 2.45) is 7.05 Å². The van der Waals surface area contributed by atoms with Crippen LogP contribution in [0, 0.1) is 0 Å². The Hall–Kier alpha value is -1.77. The second-order valence-electron chi connectivity index (χ2n) is 6.32. The van der Waals surface area contributed by atoms with E-state index in [1.165, 1.54) is 4.31 Å². The largest absolute Gasteiger partial charge is 0.332 e. The molecule has 0 saturated carbocycles. The molecule has 1 aliphatic heterocycles. The molecular formula is C16H23N5O2S. The number of nitrogens with zero attached hydrogens (tertiary/aromatic N) is 5. The molecule has 24 heavy (non-hydrogen) atoms. The molecule has 1 aliphatic rings. The molecule has 0 amide bonds. The lowest BCUT2D eigenvalue weighted by molar-refractivity contribution is 0.296. The summed E-state index contributed by atoms with van der Waals surface area (Å²) < 4.78 is 29.5. The van der Waals surface area contributed by atoms with Crippen molar-refractivity contribution in [2.45, 2.75) is 18.8 Å². The van der Waals surface area contributed by atoms with Crippen molar-refractivity contribution in [1.29, 1.82) is 0 Å². The number of rotatable bonds is 4. The van der Waals surface area contributed by atoms with Crippen LogP contribution in [0.5, 0.6) is 0 Å². The van der Waals surface area contributed by atoms with Crippen LogP contribution in [-0.2, 0) is 17.3 Å². The molecule has 7 nitrogen and oxygen atoms in total. The summed E-state index contributed by atoms with van der Waals surface area (Å²) in [4.78, 5) is 8.90. The molecule has 2 aromatic rings. The van der Waals surface area contributed by atoms with Gasteiger partial charge >= 0.3 is 0 Å². The van der Waals surface area contributed by atoms with Gasteiger partial charge in [-0.15, -0.1) is 0 Å². The number of pyridine rings is 1. The van der Waals surface area contributed by atoms with Gasteiger partial charge in [-0.2, -0.15) is 17.0 Å². The van der Waals surface area contributed by atoms with Crippen LogP contribution in [0.1, 0.15) is 24.5 Å². The summed E-state index contributed by atoms with van der Waals surface area (Å²) in [6, 6.07) is 5.91. The lowest BCUT2D eigenvalue weighted by Gasteiger charge is -2.33. The third-order valence-electron chi connectivity index (χ3n) is 4.44. The summed E-state index contributed by atoms with van der Waals surface area (Å²) in [5.74, 6) is 0.113. The van der Waals surface area contributed by atoms with Gasteiger partial charge in [-0.1, -0.05) is 6.07 Å². The maximum absolute atomic E-state index is 12.4. The summed E-state index contributed by atoms with van der Waals surface area (Å²) in [7, 11) is 1.70. The fourth-order valence-corrected chi connectivity index (χ4v) is 4.24. The first-order valence-corrected chi connectivity index (χ1v) is 9.40. The summed E-state index contributed by atoms with van der Waals surface area (Å²) in [6.45, 7) is 1.04. The lowest BCUT2D eigenvalue weighted by atomic mass is 9.95. The Morgan fingerprint density at radius 3 is 2.75 bits per heavy atom. The smallest absolute Gasteiger partial charge is 0.281 e. The molecule has 130 valence electrons. The highest BCUT2D eigenvalue weighted by Gasteiger charge is 2.31. The monoisotopic (exact) mass is 349 g/mol. The molecule has 0 spiro atoms. The van der Waals surface area contributed by atoms with Crippen molar-refractivity contribution in [3.63, 3.8) is 0 Å². The van der Waals surface area contributed by atoms with Crippen LogP contribution in [0.3, 0.4) is 0 Å². The number of piperidine rings is 1. The molecular weight excluding hydrogens is 326 g/mol. The SMILES string of the molecule is CN(C)S(=O)(=O)N1CCC[C@@H](c2cccc(-c3cncn3C)n2)C1. The number of aromatic nitrogens is 3. The molecule has 0 bridgehead atoms. The van der Waals surface area contributed by atoms with E-state index in [-0.39, 0.29) is 5.92 Å². The fraction of sp³-hybridized carbons (Fsp3) is 0.500. The third kappa shape index (κ3) is 3.22. The molecule has 0 radical (unpaired) electrons. The summed E-state index contributed by atoms with van der Waals surface area (Å²) in [5, 5.41) is 0. The Morgan fingerprint density at radius 2 is 2.08 bits per heavy atom. The molecule has 1 fully saturated rings. The topological polar surface area (TPSA) is 71.3 Å². The van der Waals surface area contributed by atoms with Crippen LogP contribution in [-0.4, -0.2) is 58.7 Å². The molecule has 0 aliphatic carbocycles. The van der Waals surface area contributed by atoms with Crippen molar-refractivity contribution in [2.75, 3.05) is 27.2 Å².